The molecule has 0 radical (unpaired) electrons. The van der Waals surface area contributed by atoms with Crippen molar-refractivity contribution < 1.29 is 86.0 Å². The number of likely N-dealkylation sites (N-methyl/N-ethyl adjacent to an activating group) is 4. The van der Waals surface area contributed by atoms with E-state index in [2.05, 4.69) is 47.8 Å². The minimum Gasteiger partial charge on any atom is -0.497 e. The maximum Gasteiger partial charge on any atom is 0.245 e. The summed E-state index contributed by atoms with van der Waals surface area (Å²) >= 11 is 3.58. The van der Waals surface area contributed by atoms with Gasteiger partial charge in [0.25, 0.3) is 0 Å². The summed E-state index contributed by atoms with van der Waals surface area (Å²) in [4.78, 5) is 173. The van der Waals surface area contributed by atoms with Crippen molar-refractivity contribution in [1.82, 2.24) is 51.5 Å². The van der Waals surface area contributed by atoms with Gasteiger partial charge in [0.15, 0.2) is 34.6 Å². The Labute approximate surface area is 653 Å². The maximum absolute atomic E-state index is 14.5. The predicted molar refractivity (Wildman–Crippen MR) is 413 cm³/mol. The van der Waals surface area contributed by atoms with E-state index in [4.69, 9.17) is 28.4 Å². The largest absolute Gasteiger partial charge is 0.497 e. The van der Waals surface area contributed by atoms with E-state index in [1.807, 2.05) is 0 Å². The number of ketones is 2. The highest BCUT2D eigenvalue weighted by Crippen LogP contribution is 2.39. The zero-order valence-electron chi connectivity index (χ0n) is 64.7. The molecular formula is C82H97BrN10O18. The van der Waals surface area contributed by atoms with Crippen LogP contribution in [-0.4, -0.2) is 207 Å². The summed E-state index contributed by atoms with van der Waals surface area (Å²) in [6.07, 6.45) is -0.0450. The van der Waals surface area contributed by atoms with Crippen molar-refractivity contribution in [3.63, 3.8) is 0 Å². The van der Waals surface area contributed by atoms with Crippen LogP contribution in [0.4, 0.5) is 0 Å². The first-order valence-corrected chi connectivity index (χ1v) is 37.3. The number of hydrogen-bond donors (Lipinski definition) is 6. The first kappa shape index (κ1) is 83.7. The van der Waals surface area contributed by atoms with Crippen molar-refractivity contribution in [2.45, 2.75) is 153 Å². The lowest BCUT2D eigenvalue weighted by atomic mass is 9.88. The molecule has 590 valence electrons. The second-order valence-corrected chi connectivity index (χ2v) is 29.3. The van der Waals surface area contributed by atoms with Crippen LogP contribution in [0, 0.1) is 11.8 Å². The third-order valence-corrected chi connectivity index (χ3v) is 21.3. The molecule has 2 saturated heterocycles. The van der Waals surface area contributed by atoms with Crippen LogP contribution < -0.4 is 60.3 Å². The summed E-state index contributed by atoms with van der Waals surface area (Å²) in [5.41, 5.74) is 4.17. The summed E-state index contributed by atoms with van der Waals surface area (Å²) in [7, 11) is 12.0. The zero-order valence-corrected chi connectivity index (χ0v) is 66.3. The number of Topliss-reactive ketones (excluding diaryl/α,β-unsaturated/α-hetero) is 2. The van der Waals surface area contributed by atoms with Gasteiger partial charge >= 0.3 is 0 Å². The van der Waals surface area contributed by atoms with E-state index in [1.165, 1.54) is 118 Å². The lowest BCUT2D eigenvalue weighted by molar-refractivity contribution is -0.145. The Morgan fingerprint density at radius 3 is 1.10 bits per heavy atom. The molecule has 0 saturated carbocycles. The number of fused-ring (bicyclic) bond motifs is 4. The van der Waals surface area contributed by atoms with Crippen LogP contribution in [0.2, 0.25) is 0 Å². The first-order valence-electron chi connectivity index (χ1n) is 36.6. The molecule has 0 spiro atoms. The molecule has 12 bridgehead atoms. The van der Waals surface area contributed by atoms with Gasteiger partial charge in [0, 0.05) is 70.2 Å². The van der Waals surface area contributed by atoms with Crippen LogP contribution in [0.1, 0.15) is 87.8 Å². The molecule has 0 aromatic heterocycles. The van der Waals surface area contributed by atoms with Crippen LogP contribution in [0.25, 0.3) is 0 Å². The molecular weight excluding hydrogens is 1490 g/mol. The van der Waals surface area contributed by atoms with Crippen molar-refractivity contribution in [3.8, 4) is 46.0 Å². The highest BCUT2D eigenvalue weighted by molar-refractivity contribution is 9.10. The van der Waals surface area contributed by atoms with Crippen molar-refractivity contribution >= 4 is 86.6 Å². The molecule has 2 fully saturated rings. The molecule has 6 aliphatic rings. The van der Waals surface area contributed by atoms with Crippen LogP contribution in [0.3, 0.4) is 0 Å². The lowest BCUT2D eigenvalue weighted by Gasteiger charge is -2.33. The Balaban J connectivity index is 0.000000255. The summed E-state index contributed by atoms with van der Waals surface area (Å²) in [6.45, 7) is 8.96. The molecule has 12 rings (SSSR count). The Morgan fingerprint density at radius 1 is 0.360 bits per heavy atom. The molecule has 10 amide bonds. The van der Waals surface area contributed by atoms with Crippen LogP contribution in [-0.2, 0) is 96.1 Å². The van der Waals surface area contributed by atoms with Gasteiger partial charge in [-0.3, -0.25) is 57.5 Å². The Morgan fingerprint density at radius 2 is 0.712 bits per heavy atom. The minimum absolute atomic E-state index is 0.0521. The van der Waals surface area contributed by atoms with Crippen molar-refractivity contribution in [2.24, 2.45) is 11.8 Å². The first-order chi connectivity index (χ1) is 52.8. The molecule has 0 aliphatic carbocycles. The van der Waals surface area contributed by atoms with E-state index in [1.54, 1.807) is 127 Å². The SMILES string of the molecule is COc1ccc(C[C@H]2C(=O)N[C@@H](C)C(=O)N(C)[C@H]3Cc4ccc(cc4)Oc4cc(c(Br)cc4OC)C[C@H](CC3=O)C(=O)N[C@H](C)C(=O)N[C@@H](C)C(=O)N2C)cc1.COc1ccc(C[C@H]2C(=O)N[C@@H](C)C(=O)N(C)[C@H]3Cc4ccc(cc4)Oc4cc(ccc4OC)C[C@H](CC3=O)C(=O)N[C@H](C)C(=O)N[C@@H](C)C(=O)N2C)cc1. The summed E-state index contributed by atoms with van der Waals surface area (Å²) < 4.78 is 34.6. The molecule has 6 aromatic rings. The number of hydrogen-bond acceptors (Lipinski definition) is 18. The fourth-order valence-corrected chi connectivity index (χ4v) is 14.2. The van der Waals surface area contributed by atoms with Gasteiger partial charge in [-0.1, -0.05) is 70.5 Å². The number of carbonyl (C=O) groups is 12. The molecule has 6 aliphatic heterocycles. The quantitative estimate of drug-likeness (QED) is 0.102. The minimum atomic E-state index is -1.12. The topological polar surface area (TPSA) is 345 Å². The van der Waals surface area contributed by atoms with Crippen LogP contribution >= 0.6 is 15.9 Å². The van der Waals surface area contributed by atoms with E-state index in [9.17, 15) is 57.5 Å². The number of benzene rings is 6. The van der Waals surface area contributed by atoms with E-state index in [0.29, 0.717) is 72.7 Å². The maximum atomic E-state index is 14.5. The molecule has 28 nitrogen and oxygen atoms in total. The second-order valence-electron chi connectivity index (χ2n) is 28.5. The molecule has 0 unspecified atom stereocenters. The van der Waals surface area contributed by atoms with Gasteiger partial charge in [-0.2, -0.15) is 0 Å². The van der Waals surface area contributed by atoms with Gasteiger partial charge in [-0.25, -0.2) is 0 Å². The standard InChI is InChI=1S/C41H48BrN5O9.C41H49N5O9/c1-22-37(49)44-23(2)41(53)47(5)33(17-26-8-12-29(54-6)13-9-26)39(51)45-24(3)40(52)46(4)32-16-25-10-14-30(15-11-25)56-36-20-27(31(42)21-35(36)55-7)18-28(19-34(32)48)38(50)43-22;1-23-37(48)43-24(2)41(52)46(5)33(20-27-8-13-30(53-6)14-9-27)39(50)44-25(3)40(51)45(4)32-19-26-10-15-31(16-11-26)55-36-21-28(12-17-35(36)54-7)18-29(22-34(32)47)38(49)42-23/h8-15,20-24,28,32-33H,16-19H2,1-7H3,(H,43,50)(H,44,49)(H,45,51);8-17,21,23-25,29,32-33H,18-20,22H2,1-7H3,(H,42,49)(H,43,48)(H,44,50)/t22-,23+,24+,28-,32+,33+;23-,24+,25+,29-,32+,33+/m11/s1. The van der Waals surface area contributed by atoms with Gasteiger partial charge < -0.3 is 79.9 Å². The van der Waals surface area contributed by atoms with Crippen molar-refractivity contribution in [3.05, 3.63) is 165 Å². The number of nitrogens with one attached hydrogen (secondary N) is 6. The monoisotopic (exact) mass is 1590 g/mol. The third kappa shape index (κ3) is 21.0. The average Bonchev–Trinajstić information content (AvgIpc) is 0.811. The fourth-order valence-electron chi connectivity index (χ4n) is 13.7. The summed E-state index contributed by atoms with van der Waals surface area (Å²) in [6, 6.07) is 26.0. The molecule has 6 aromatic carbocycles. The van der Waals surface area contributed by atoms with Gasteiger partial charge in [0.2, 0.25) is 59.1 Å². The van der Waals surface area contributed by atoms with Crippen LogP contribution in [0.5, 0.6) is 46.0 Å². The number of rotatable bonds is 8. The van der Waals surface area contributed by atoms with Crippen LogP contribution in [0.15, 0.2) is 132 Å². The van der Waals surface area contributed by atoms with Crippen molar-refractivity contribution in [1.29, 1.82) is 0 Å². The smallest absolute Gasteiger partial charge is 0.245 e. The highest BCUT2D eigenvalue weighted by Gasteiger charge is 2.41. The normalized spacial score (nSPS) is 24.4. The Kier molecular flexibility index (Phi) is 28.2. The van der Waals surface area contributed by atoms with Gasteiger partial charge in [-0.15, -0.1) is 0 Å². The van der Waals surface area contributed by atoms with Crippen molar-refractivity contribution in [2.75, 3.05) is 56.6 Å². The number of methoxy groups -OCH3 is 4. The third-order valence-electron chi connectivity index (χ3n) is 20.5. The number of amides is 10. The summed E-state index contributed by atoms with van der Waals surface area (Å²) in [5.74, 6) is -4.62. The molecule has 111 heavy (non-hydrogen) atoms. The van der Waals surface area contributed by atoms with E-state index in [0.717, 1.165) is 11.1 Å². The fraction of sp³-hybridized carbons (Fsp3) is 0.415. The second kappa shape index (κ2) is 37.4. The van der Waals surface area contributed by atoms with E-state index >= 15 is 0 Å². The van der Waals surface area contributed by atoms with Gasteiger partial charge in [-0.05, 0) is 173 Å². The zero-order chi connectivity index (χ0) is 80.8. The Hall–Kier alpha value is -11.4. The lowest BCUT2D eigenvalue weighted by Crippen LogP contribution is -2.59. The highest BCUT2D eigenvalue weighted by atomic mass is 79.9. The molecule has 29 heteroatoms. The van der Waals surface area contributed by atoms with E-state index < -0.39 is 137 Å². The number of carbonyl (C=O) groups excluding carboxylic acids is 12. The number of halogens is 1. The van der Waals surface area contributed by atoms with E-state index in [-0.39, 0.29) is 57.1 Å². The molecule has 6 N–H and O–H groups in total. The van der Waals surface area contributed by atoms with Gasteiger partial charge in [0.1, 0.15) is 71.3 Å². The number of ether oxygens (including phenoxy) is 6. The molecule has 6 heterocycles. The average molecular weight is 1590 g/mol. The van der Waals surface area contributed by atoms with Gasteiger partial charge in [0.05, 0.1) is 40.5 Å². The Bertz CT molecular complexity index is 4450. The number of nitrogens with zero attached hydrogens (tertiary/aromatic N) is 4. The summed E-state index contributed by atoms with van der Waals surface area (Å²) in [5, 5.41) is 16.3. The molecule has 12 atom stereocenters. The predicted octanol–water partition coefficient (Wildman–Crippen LogP) is 5.95.